The molecule has 0 aliphatic heterocycles. The number of hydrogen-bond acceptors (Lipinski definition) is 1. The van der Waals surface area contributed by atoms with E-state index in [-0.39, 0.29) is 17.9 Å². The third-order valence-electron chi connectivity index (χ3n) is 2.60. The molecule has 15 heavy (non-hydrogen) atoms. The van der Waals surface area contributed by atoms with E-state index in [1.807, 2.05) is 24.9 Å². The van der Waals surface area contributed by atoms with E-state index in [4.69, 9.17) is 0 Å². The Labute approximate surface area is 98.9 Å². The Kier molecular flexibility index (Phi) is 5.25. The Morgan fingerprint density at radius 2 is 1.67 bits per heavy atom. The van der Waals surface area contributed by atoms with Crippen LogP contribution in [0.3, 0.4) is 0 Å². The van der Waals surface area contributed by atoms with E-state index in [9.17, 15) is 0 Å². The Hall–Kier alpha value is -1.13. The molecular weight excluding hydrogens is 206 g/mol. The van der Waals surface area contributed by atoms with E-state index in [2.05, 4.69) is 50.1 Å². The highest BCUT2D eigenvalue weighted by Crippen LogP contribution is 2.25. The highest BCUT2D eigenvalue weighted by Gasteiger charge is 2.23. The number of halogens is 1. The van der Waals surface area contributed by atoms with Gasteiger partial charge in [0.05, 0.1) is 5.54 Å². The first-order chi connectivity index (χ1) is 6.59. The van der Waals surface area contributed by atoms with Crippen molar-refractivity contribution >= 4 is 12.4 Å². The number of benzene rings is 1. The van der Waals surface area contributed by atoms with E-state index in [1.165, 1.54) is 5.56 Å². The van der Waals surface area contributed by atoms with Gasteiger partial charge >= 0.3 is 0 Å². The summed E-state index contributed by atoms with van der Waals surface area (Å²) in [6.45, 7) is 6.21. The van der Waals surface area contributed by atoms with Crippen LogP contribution in [0.4, 0.5) is 0 Å². The first-order valence-electron chi connectivity index (χ1n) is 4.81. The van der Waals surface area contributed by atoms with E-state index in [1.54, 1.807) is 0 Å². The van der Waals surface area contributed by atoms with Gasteiger partial charge in [-0.2, -0.15) is 0 Å². The van der Waals surface area contributed by atoms with E-state index >= 15 is 0 Å². The lowest BCUT2D eigenvalue weighted by Gasteiger charge is -2.33. The molecule has 1 rings (SSSR count). The van der Waals surface area contributed by atoms with Gasteiger partial charge < -0.3 is 4.90 Å². The predicted molar refractivity (Wildman–Crippen MR) is 67.9 cm³/mol. The van der Waals surface area contributed by atoms with E-state index in [0.717, 1.165) is 0 Å². The van der Waals surface area contributed by atoms with Crippen molar-refractivity contribution in [1.82, 2.24) is 4.90 Å². The summed E-state index contributed by atoms with van der Waals surface area (Å²) in [6.07, 6.45) is 0. The first-order valence-corrected chi connectivity index (χ1v) is 4.81. The van der Waals surface area contributed by atoms with Crippen LogP contribution in [-0.2, 0) is 5.54 Å². The summed E-state index contributed by atoms with van der Waals surface area (Å²) in [4.78, 5) is 2.04. The van der Waals surface area contributed by atoms with Gasteiger partial charge in [0.15, 0.2) is 0 Å². The average Bonchev–Trinajstić information content (AvgIpc) is 2.19. The standard InChI is InChI=1S/C13H17N.ClH/c1-5-11-14(4)13(2,3)12-9-7-6-8-10-12;/h6-10H,1-4H3;1H. The van der Waals surface area contributed by atoms with Gasteiger partial charge in [0, 0.05) is 13.1 Å². The molecule has 0 aromatic heterocycles. The SMILES string of the molecule is CC#CN(C)C(C)(C)c1ccccc1.Cl. The lowest BCUT2D eigenvalue weighted by Crippen LogP contribution is -2.34. The first kappa shape index (κ1) is 13.9. The van der Waals surface area contributed by atoms with E-state index < -0.39 is 0 Å². The minimum absolute atomic E-state index is 0. The van der Waals surface area contributed by atoms with E-state index in [0.29, 0.717) is 0 Å². The normalized spacial score (nSPS) is 9.60. The molecule has 0 amide bonds. The van der Waals surface area contributed by atoms with Gasteiger partial charge in [-0.3, -0.25) is 0 Å². The Balaban J connectivity index is 0.00000196. The summed E-state index contributed by atoms with van der Waals surface area (Å²) >= 11 is 0. The second-order valence-corrected chi connectivity index (χ2v) is 3.85. The summed E-state index contributed by atoms with van der Waals surface area (Å²) < 4.78 is 0. The minimum atomic E-state index is -0.0374. The maximum absolute atomic E-state index is 3.07. The van der Waals surface area contributed by atoms with Crippen LogP contribution in [0.25, 0.3) is 0 Å². The molecule has 0 saturated carbocycles. The third-order valence-corrected chi connectivity index (χ3v) is 2.60. The van der Waals surface area contributed by atoms with Crippen molar-refractivity contribution in [2.45, 2.75) is 26.3 Å². The van der Waals surface area contributed by atoms with Crippen molar-refractivity contribution in [1.29, 1.82) is 0 Å². The summed E-state index contributed by atoms with van der Waals surface area (Å²) in [6, 6.07) is 13.5. The van der Waals surface area contributed by atoms with Gasteiger partial charge in [-0.25, -0.2) is 0 Å². The molecule has 0 aliphatic rings. The van der Waals surface area contributed by atoms with Crippen molar-refractivity contribution in [3.63, 3.8) is 0 Å². The van der Waals surface area contributed by atoms with Crippen LogP contribution in [0.5, 0.6) is 0 Å². The molecule has 1 aromatic rings. The number of nitrogens with zero attached hydrogens (tertiary/aromatic N) is 1. The molecular formula is C13H18ClN. The van der Waals surface area contributed by atoms with Gasteiger partial charge in [-0.05, 0) is 26.3 Å². The van der Waals surface area contributed by atoms with Crippen LogP contribution in [0, 0.1) is 12.0 Å². The van der Waals surface area contributed by atoms with Gasteiger partial charge in [0.25, 0.3) is 0 Å². The van der Waals surface area contributed by atoms with Crippen LogP contribution < -0.4 is 0 Å². The fourth-order valence-electron chi connectivity index (χ4n) is 1.35. The molecule has 0 spiro atoms. The molecule has 0 unspecified atom stereocenters. The molecule has 0 radical (unpaired) electrons. The zero-order valence-electron chi connectivity index (χ0n) is 9.74. The summed E-state index contributed by atoms with van der Waals surface area (Å²) in [7, 11) is 2.02. The van der Waals surface area contributed by atoms with Crippen LogP contribution in [0.2, 0.25) is 0 Å². The summed E-state index contributed by atoms with van der Waals surface area (Å²) in [5.74, 6) is 2.92. The topological polar surface area (TPSA) is 3.24 Å². The lowest BCUT2D eigenvalue weighted by atomic mass is 9.93. The Bertz CT molecular complexity index is 346. The molecule has 0 heterocycles. The maximum atomic E-state index is 3.07. The largest absolute Gasteiger partial charge is 0.326 e. The maximum Gasteiger partial charge on any atom is 0.0669 e. The molecule has 2 heteroatoms. The molecule has 0 aliphatic carbocycles. The van der Waals surface area contributed by atoms with Gasteiger partial charge in [-0.15, -0.1) is 12.4 Å². The van der Waals surface area contributed by atoms with Crippen molar-refractivity contribution in [3.05, 3.63) is 35.9 Å². The van der Waals surface area contributed by atoms with Crippen LogP contribution in [0.1, 0.15) is 26.3 Å². The van der Waals surface area contributed by atoms with Gasteiger partial charge in [0.1, 0.15) is 0 Å². The third kappa shape index (κ3) is 3.18. The quantitative estimate of drug-likeness (QED) is 0.550. The van der Waals surface area contributed by atoms with Gasteiger partial charge in [0.2, 0.25) is 0 Å². The molecule has 1 aromatic carbocycles. The smallest absolute Gasteiger partial charge is 0.0669 e. The fourth-order valence-corrected chi connectivity index (χ4v) is 1.35. The van der Waals surface area contributed by atoms with Crippen LogP contribution >= 0.6 is 12.4 Å². The monoisotopic (exact) mass is 223 g/mol. The lowest BCUT2D eigenvalue weighted by molar-refractivity contribution is 0.244. The van der Waals surface area contributed by atoms with Crippen molar-refractivity contribution < 1.29 is 0 Å². The summed E-state index contributed by atoms with van der Waals surface area (Å²) in [5.41, 5.74) is 1.25. The Morgan fingerprint density at radius 1 is 1.13 bits per heavy atom. The molecule has 82 valence electrons. The molecule has 0 saturated heterocycles. The summed E-state index contributed by atoms with van der Waals surface area (Å²) in [5, 5.41) is 0. The Morgan fingerprint density at radius 3 is 2.13 bits per heavy atom. The molecule has 0 atom stereocenters. The van der Waals surface area contributed by atoms with Crippen LogP contribution in [-0.4, -0.2) is 11.9 Å². The zero-order valence-corrected chi connectivity index (χ0v) is 10.6. The highest BCUT2D eigenvalue weighted by atomic mass is 35.5. The fraction of sp³-hybridized carbons (Fsp3) is 0.385. The second-order valence-electron chi connectivity index (χ2n) is 3.85. The molecule has 0 N–H and O–H groups in total. The molecule has 0 bridgehead atoms. The zero-order chi connectivity index (χ0) is 10.6. The highest BCUT2D eigenvalue weighted by molar-refractivity contribution is 5.85. The van der Waals surface area contributed by atoms with Crippen LogP contribution in [0.15, 0.2) is 30.3 Å². The molecule has 1 nitrogen and oxygen atoms in total. The van der Waals surface area contributed by atoms with Crippen molar-refractivity contribution in [3.8, 4) is 12.0 Å². The van der Waals surface area contributed by atoms with Crippen molar-refractivity contribution in [2.75, 3.05) is 7.05 Å². The average molecular weight is 224 g/mol. The van der Waals surface area contributed by atoms with Crippen molar-refractivity contribution in [2.24, 2.45) is 0 Å². The second kappa shape index (κ2) is 5.68. The predicted octanol–water partition coefficient (Wildman–Crippen LogP) is 3.26. The molecule has 0 fully saturated rings. The van der Waals surface area contributed by atoms with Gasteiger partial charge in [-0.1, -0.05) is 36.3 Å². The minimum Gasteiger partial charge on any atom is -0.326 e. The number of rotatable bonds is 2. The number of hydrogen-bond donors (Lipinski definition) is 0.